The van der Waals surface area contributed by atoms with Crippen molar-refractivity contribution in [2.75, 3.05) is 5.32 Å². The number of para-hydroxylation sites is 1. The van der Waals surface area contributed by atoms with E-state index in [0.717, 1.165) is 22.4 Å². The van der Waals surface area contributed by atoms with Crippen molar-refractivity contribution >= 4 is 34.8 Å². The first kappa shape index (κ1) is 22.0. The average molecular weight is 470 g/mol. The molecule has 0 aliphatic carbocycles. The topological polar surface area (TPSA) is 69.3 Å². The van der Waals surface area contributed by atoms with Crippen LogP contribution in [-0.4, -0.2) is 15.7 Å². The molecule has 0 radical (unpaired) electrons. The van der Waals surface area contributed by atoms with E-state index in [1.165, 1.54) is 0 Å². The van der Waals surface area contributed by atoms with Gasteiger partial charge in [0.05, 0.1) is 28.5 Å². The van der Waals surface area contributed by atoms with Gasteiger partial charge in [0.1, 0.15) is 18.1 Å². The molecule has 0 saturated carbocycles. The number of nitrogens with one attached hydrogen (secondary N) is 1. The van der Waals surface area contributed by atoms with Gasteiger partial charge in [0, 0.05) is 6.20 Å². The molecule has 2 aromatic carbocycles. The molecule has 0 aliphatic rings. The lowest BCUT2D eigenvalue weighted by Gasteiger charge is -2.10. The first-order valence-corrected chi connectivity index (χ1v) is 10.7. The van der Waals surface area contributed by atoms with E-state index in [4.69, 9.17) is 32.4 Å². The fourth-order valence-electron chi connectivity index (χ4n) is 3.28. The molecule has 0 aliphatic heterocycles. The Balaban J connectivity index is 1.35. The molecule has 2 aromatic heterocycles. The van der Waals surface area contributed by atoms with Crippen LogP contribution in [0.4, 0.5) is 5.69 Å². The molecule has 32 heavy (non-hydrogen) atoms. The number of amides is 1. The van der Waals surface area contributed by atoms with Crippen molar-refractivity contribution < 1.29 is 13.9 Å². The van der Waals surface area contributed by atoms with Gasteiger partial charge in [-0.25, -0.2) is 0 Å². The molecule has 0 spiro atoms. The number of carbonyl (C=O) groups is 1. The van der Waals surface area contributed by atoms with Gasteiger partial charge in [0.25, 0.3) is 5.91 Å². The quantitative estimate of drug-likeness (QED) is 0.345. The number of hydrogen-bond acceptors (Lipinski definition) is 4. The standard InChI is InChI=1S/C24H21Cl2N3O3/c1-15-4-3-5-16(2)23(15)31-14-19-7-9-22(32-19)24(30)28-18-11-27-29(13-18)12-17-6-8-20(25)21(26)10-17/h3-11,13H,12,14H2,1-2H3,(H,28,30). The number of anilines is 1. The molecule has 0 atom stereocenters. The normalized spacial score (nSPS) is 10.9. The third-order valence-corrected chi connectivity index (χ3v) is 5.61. The molecular formula is C24H21Cl2N3O3. The van der Waals surface area contributed by atoms with Crippen LogP contribution in [0.15, 0.2) is 65.3 Å². The molecule has 8 heteroatoms. The number of rotatable bonds is 7. The Hall–Kier alpha value is -3.22. The average Bonchev–Trinajstić information content (AvgIpc) is 3.40. The molecule has 6 nitrogen and oxygen atoms in total. The van der Waals surface area contributed by atoms with Crippen molar-refractivity contribution in [3.8, 4) is 5.75 Å². The van der Waals surface area contributed by atoms with Crippen molar-refractivity contribution in [2.45, 2.75) is 27.0 Å². The summed E-state index contributed by atoms with van der Waals surface area (Å²) in [6.07, 6.45) is 3.30. The molecule has 4 aromatic rings. The van der Waals surface area contributed by atoms with Crippen LogP contribution in [0.5, 0.6) is 5.75 Å². The van der Waals surface area contributed by atoms with E-state index in [1.807, 2.05) is 38.1 Å². The fraction of sp³-hybridized carbons (Fsp3) is 0.167. The Morgan fingerprint density at radius 3 is 2.62 bits per heavy atom. The van der Waals surface area contributed by atoms with Crippen molar-refractivity contribution in [3.05, 3.63) is 99.2 Å². The second kappa shape index (κ2) is 9.51. The van der Waals surface area contributed by atoms with Crippen LogP contribution in [0.1, 0.15) is 33.0 Å². The maximum absolute atomic E-state index is 12.5. The van der Waals surface area contributed by atoms with Crippen molar-refractivity contribution in [1.82, 2.24) is 9.78 Å². The lowest BCUT2D eigenvalue weighted by Crippen LogP contribution is -2.10. The van der Waals surface area contributed by atoms with E-state index in [9.17, 15) is 4.79 Å². The van der Waals surface area contributed by atoms with Crippen LogP contribution in [0.3, 0.4) is 0 Å². The van der Waals surface area contributed by atoms with E-state index in [-0.39, 0.29) is 18.3 Å². The highest BCUT2D eigenvalue weighted by Crippen LogP contribution is 2.25. The zero-order chi connectivity index (χ0) is 22.7. The summed E-state index contributed by atoms with van der Waals surface area (Å²) in [5.74, 6) is 1.22. The molecule has 2 heterocycles. The molecule has 0 fully saturated rings. The summed E-state index contributed by atoms with van der Waals surface area (Å²) in [5.41, 5.74) is 3.60. The third-order valence-electron chi connectivity index (χ3n) is 4.87. The Labute approximate surface area is 195 Å². The predicted molar refractivity (Wildman–Crippen MR) is 125 cm³/mol. The fourth-order valence-corrected chi connectivity index (χ4v) is 3.60. The second-order valence-corrected chi connectivity index (χ2v) is 8.22. The number of nitrogens with zero attached hydrogens (tertiary/aromatic N) is 2. The summed E-state index contributed by atoms with van der Waals surface area (Å²) in [7, 11) is 0. The number of hydrogen-bond donors (Lipinski definition) is 1. The van der Waals surface area contributed by atoms with Crippen LogP contribution in [0.2, 0.25) is 10.0 Å². The highest BCUT2D eigenvalue weighted by atomic mass is 35.5. The summed E-state index contributed by atoms with van der Waals surface area (Å²) in [6, 6.07) is 14.7. The van der Waals surface area contributed by atoms with E-state index in [1.54, 1.807) is 41.3 Å². The van der Waals surface area contributed by atoms with Gasteiger partial charge in [-0.3, -0.25) is 9.48 Å². The largest absolute Gasteiger partial charge is 0.485 e. The van der Waals surface area contributed by atoms with Crippen LogP contribution >= 0.6 is 23.2 Å². The Morgan fingerprint density at radius 1 is 1.09 bits per heavy atom. The molecule has 164 valence electrons. The Kier molecular flexibility index (Phi) is 6.53. The van der Waals surface area contributed by atoms with Crippen molar-refractivity contribution in [1.29, 1.82) is 0 Å². The number of furan rings is 1. The van der Waals surface area contributed by atoms with Gasteiger partial charge in [-0.2, -0.15) is 5.10 Å². The smallest absolute Gasteiger partial charge is 0.291 e. The first-order valence-electron chi connectivity index (χ1n) is 9.94. The maximum Gasteiger partial charge on any atom is 0.291 e. The SMILES string of the molecule is Cc1cccc(C)c1OCc1ccc(C(=O)Nc2cnn(Cc3ccc(Cl)c(Cl)c3)c2)o1. The zero-order valence-corrected chi connectivity index (χ0v) is 19.1. The zero-order valence-electron chi connectivity index (χ0n) is 17.6. The lowest BCUT2D eigenvalue weighted by molar-refractivity contribution is 0.0992. The van der Waals surface area contributed by atoms with Crippen LogP contribution in [0.25, 0.3) is 0 Å². The first-order chi connectivity index (χ1) is 15.4. The lowest BCUT2D eigenvalue weighted by atomic mass is 10.1. The summed E-state index contributed by atoms with van der Waals surface area (Å²) >= 11 is 12.0. The molecule has 1 N–H and O–H groups in total. The predicted octanol–water partition coefficient (Wildman–Crippen LogP) is 6.28. The minimum atomic E-state index is -0.364. The summed E-state index contributed by atoms with van der Waals surface area (Å²) < 4.78 is 13.2. The van der Waals surface area contributed by atoms with Crippen molar-refractivity contribution in [2.24, 2.45) is 0 Å². The van der Waals surface area contributed by atoms with E-state index >= 15 is 0 Å². The maximum atomic E-state index is 12.5. The Bertz CT molecular complexity index is 1240. The molecular weight excluding hydrogens is 449 g/mol. The van der Waals surface area contributed by atoms with Gasteiger partial charge in [-0.05, 0) is 54.8 Å². The third kappa shape index (κ3) is 5.15. The molecule has 4 rings (SSSR count). The van der Waals surface area contributed by atoms with Crippen LogP contribution < -0.4 is 10.1 Å². The summed E-state index contributed by atoms with van der Waals surface area (Å²) in [4.78, 5) is 12.5. The van der Waals surface area contributed by atoms with E-state index in [0.29, 0.717) is 28.0 Å². The minimum Gasteiger partial charge on any atom is -0.485 e. The summed E-state index contributed by atoms with van der Waals surface area (Å²) in [6.45, 7) is 4.71. The van der Waals surface area contributed by atoms with Gasteiger partial charge in [0.15, 0.2) is 5.76 Å². The number of aryl methyl sites for hydroxylation is 2. The highest BCUT2D eigenvalue weighted by molar-refractivity contribution is 6.42. The minimum absolute atomic E-state index is 0.197. The summed E-state index contributed by atoms with van der Waals surface area (Å²) in [5, 5.41) is 8.04. The molecule has 1 amide bonds. The number of halogens is 2. The number of aromatic nitrogens is 2. The number of ether oxygens (including phenoxy) is 1. The molecule has 0 unspecified atom stereocenters. The van der Waals surface area contributed by atoms with Gasteiger partial charge in [-0.1, -0.05) is 47.5 Å². The second-order valence-electron chi connectivity index (χ2n) is 7.40. The molecule has 0 bridgehead atoms. The van der Waals surface area contributed by atoms with E-state index < -0.39 is 0 Å². The number of benzene rings is 2. The van der Waals surface area contributed by atoms with Gasteiger partial charge < -0.3 is 14.5 Å². The van der Waals surface area contributed by atoms with Gasteiger partial charge in [-0.15, -0.1) is 0 Å². The van der Waals surface area contributed by atoms with Crippen molar-refractivity contribution in [3.63, 3.8) is 0 Å². The molecule has 0 saturated heterocycles. The van der Waals surface area contributed by atoms with Gasteiger partial charge >= 0.3 is 0 Å². The Morgan fingerprint density at radius 2 is 1.88 bits per heavy atom. The van der Waals surface area contributed by atoms with Crippen LogP contribution in [-0.2, 0) is 13.2 Å². The van der Waals surface area contributed by atoms with Gasteiger partial charge in [0.2, 0.25) is 0 Å². The monoisotopic (exact) mass is 469 g/mol. The van der Waals surface area contributed by atoms with Crippen LogP contribution in [0, 0.1) is 13.8 Å². The van der Waals surface area contributed by atoms with E-state index in [2.05, 4.69) is 10.4 Å². The highest BCUT2D eigenvalue weighted by Gasteiger charge is 2.14. The number of carbonyl (C=O) groups excluding carboxylic acids is 1.